The second kappa shape index (κ2) is 7.62. The predicted molar refractivity (Wildman–Crippen MR) is 101 cm³/mol. The lowest BCUT2D eigenvalue weighted by molar-refractivity contribution is -0.136. The van der Waals surface area contributed by atoms with Crippen LogP contribution in [0.3, 0.4) is 0 Å². The van der Waals surface area contributed by atoms with Gasteiger partial charge in [-0.25, -0.2) is 0 Å². The largest absolute Gasteiger partial charge is 0.391 e. The van der Waals surface area contributed by atoms with Gasteiger partial charge in [0.2, 0.25) is 11.8 Å². The first-order chi connectivity index (χ1) is 13.4. The molecule has 28 heavy (non-hydrogen) atoms. The van der Waals surface area contributed by atoms with Gasteiger partial charge in [-0.05, 0) is 43.6 Å². The van der Waals surface area contributed by atoms with Crippen molar-refractivity contribution in [3.05, 3.63) is 34.9 Å². The highest BCUT2D eigenvalue weighted by atomic mass is 16.3. The van der Waals surface area contributed by atoms with Crippen LogP contribution in [0.5, 0.6) is 0 Å². The maximum atomic E-state index is 12.9. The van der Waals surface area contributed by atoms with E-state index in [2.05, 4.69) is 15.5 Å². The fourth-order valence-corrected chi connectivity index (χ4v) is 4.38. The molecule has 0 spiro atoms. The number of nitrogens with zero attached hydrogens (tertiary/aromatic N) is 2. The van der Waals surface area contributed by atoms with E-state index in [1.54, 1.807) is 4.90 Å². The maximum Gasteiger partial charge on any atom is 0.255 e. The Morgan fingerprint density at radius 2 is 2.07 bits per heavy atom. The van der Waals surface area contributed by atoms with Crippen LogP contribution < -0.4 is 10.6 Å². The summed E-state index contributed by atoms with van der Waals surface area (Å²) >= 11 is 0. The summed E-state index contributed by atoms with van der Waals surface area (Å²) in [6.45, 7) is 2.59. The van der Waals surface area contributed by atoms with Crippen LogP contribution >= 0.6 is 0 Å². The Bertz CT molecular complexity index is 811. The number of carbonyl (C=O) groups is 3. The zero-order valence-electron chi connectivity index (χ0n) is 16.0. The summed E-state index contributed by atoms with van der Waals surface area (Å²) in [6, 6.07) is 5.28. The van der Waals surface area contributed by atoms with Crippen molar-refractivity contribution in [3.8, 4) is 0 Å². The molecule has 2 fully saturated rings. The van der Waals surface area contributed by atoms with Gasteiger partial charge in [0.1, 0.15) is 6.04 Å². The molecule has 1 aromatic rings. The van der Waals surface area contributed by atoms with Crippen molar-refractivity contribution in [1.82, 2.24) is 20.4 Å². The van der Waals surface area contributed by atoms with Crippen LogP contribution in [-0.2, 0) is 22.7 Å². The summed E-state index contributed by atoms with van der Waals surface area (Å²) in [5, 5.41) is 15.9. The van der Waals surface area contributed by atoms with Crippen LogP contribution in [0.2, 0.25) is 0 Å². The van der Waals surface area contributed by atoms with Gasteiger partial charge in [-0.1, -0.05) is 12.1 Å². The van der Waals surface area contributed by atoms with Crippen molar-refractivity contribution in [2.24, 2.45) is 0 Å². The van der Waals surface area contributed by atoms with E-state index >= 15 is 0 Å². The fraction of sp³-hybridized carbons (Fsp3) is 0.550. The molecule has 3 aliphatic rings. The minimum atomic E-state index is -0.591. The van der Waals surface area contributed by atoms with Crippen LogP contribution in [0.15, 0.2) is 18.2 Å². The summed E-state index contributed by atoms with van der Waals surface area (Å²) in [5.41, 5.74) is 2.52. The lowest BCUT2D eigenvalue weighted by atomic mass is 10.0. The fourth-order valence-electron chi connectivity index (χ4n) is 4.38. The Hall–Kier alpha value is -2.29. The molecule has 3 heterocycles. The first-order valence-electron chi connectivity index (χ1n) is 9.79. The van der Waals surface area contributed by atoms with Gasteiger partial charge in [-0.3, -0.25) is 24.6 Å². The van der Waals surface area contributed by atoms with Crippen molar-refractivity contribution in [3.63, 3.8) is 0 Å². The molecule has 3 N–H and O–H groups in total. The monoisotopic (exact) mass is 386 g/mol. The van der Waals surface area contributed by atoms with E-state index in [0.717, 1.165) is 30.6 Å². The molecule has 1 aromatic carbocycles. The normalized spacial score (nSPS) is 27.9. The number of fused-ring (bicyclic) bond motifs is 1. The van der Waals surface area contributed by atoms with Crippen LogP contribution in [0, 0.1) is 0 Å². The molecule has 3 unspecified atom stereocenters. The number of likely N-dealkylation sites (N-methyl/N-ethyl adjacent to an activating group) is 1. The highest BCUT2D eigenvalue weighted by Gasteiger charge is 2.39. The van der Waals surface area contributed by atoms with E-state index < -0.39 is 11.9 Å². The summed E-state index contributed by atoms with van der Waals surface area (Å²) in [6.07, 6.45) is 1.00. The molecule has 150 valence electrons. The molecule has 4 rings (SSSR count). The van der Waals surface area contributed by atoms with E-state index in [-0.39, 0.29) is 30.4 Å². The Morgan fingerprint density at radius 3 is 2.82 bits per heavy atom. The topological polar surface area (TPSA) is 102 Å². The van der Waals surface area contributed by atoms with Gasteiger partial charge < -0.3 is 15.3 Å². The average molecular weight is 386 g/mol. The molecule has 3 atom stereocenters. The Kier molecular flexibility index (Phi) is 5.18. The molecular formula is C20H26N4O4. The van der Waals surface area contributed by atoms with Crippen molar-refractivity contribution in [2.75, 3.05) is 20.1 Å². The molecule has 0 bridgehead atoms. The number of piperidine rings is 2. The summed E-state index contributed by atoms with van der Waals surface area (Å²) < 4.78 is 0. The molecule has 2 saturated heterocycles. The standard InChI is InChI=1S/C20H26N4O4/c1-23(16-9-21-7-6-17(16)25)10-12-2-3-13-11-24(20(28)14(13)8-12)15-4-5-18(26)22-19(15)27/h2-3,8,15-17,21,25H,4-7,9-11H2,1H3,(H,22,26,27). The van der Waals surface area contributed by atoms with Crippen LogP contribution in [0.25, 0.3) is 0 Å². The number of imide groups is 1. The van der Waals surface area contributed by atoms with Gasteiger partial charge >= 0.3 is 0 Å². The first-order valence-corrected chi connectivity index (χ1v) is 9.79. The van der Waals surface area contributed by atoms with E-state index in [4.69, 9.17) is 0 Å². The van der Waals surface area contributed by atoms with Gasteiger partial charge in [0.05, 0.1) is 6.10 Å². The lowest BCUT2D eigenvalue weighted by Crippen LogP contribution is -2.52. The van der Waals surface area contributed by atoms with E-state index in [1.165, 1.54) is 0 Å². The maximum absolute atomic E-state index is 12.9. The Morgan fingerprint density at radius 1 is 1.25 bits per heavy atom. The third-order valence-corrected chi connectivity index (χ3v) is 6.01. The van der Waals surface area contributed by atoms with E-state index in [0.29, 0.717) is 25.1 Å². The third kappa shape index (κ3) is 3.55. The number of amides is 3. The zero-order chi connectivity index (χ0) is 19.8. The second-order valence-corrected chi connectivity index (χ2v) is 7.93. The molecule has 8 heteroatoms. The number of benzene rings is 1. The van der Waals surface area contributed by atoms with E-state index in [1.807, 2.05) is 25.2 Å². The molecule has 3 amide bonds. The van der Waals surface area contributed by atoms with Gasteiger partial charge in [-0.2, -0.15) is 0 Å². The van der Waals surface area contributed by atoms with Gasteiger partial charge in [0, 0.05) is 37.7 Å². The van der Waals surface area contributed by atoms with Gasteiger partial charge in [0.15, 0.2) is 0 Å². The number of aliphatic hydroxyl groups excluding tert-OH is 1. The van der Waals surface area contributed by atoms with Gasteiger partial charge in [-0.15, -0.1) is 0 Å². The minimum Gasteiger partial charge on any atom is -0.391 e. The Balaban J connectivity index is 1.47. The van der Waals surface area contributed by atoms with Crippen LogP contribution in [0.1, 0.15) is 40.7 Å². The number of rotatable bonds is 4. The summed E-state index contributed by atoms with van der Waals surface area (Å²) in [4.78, 5) is 40.1. The molecule has 0 aliphatic carbocycles. The van der Waals surface area contributed by atoms with Crippen LogP contribution in [0.4, 0.5) is 0 Å². The highest BCUT2D eigenvalue weighted by Crippen LogP contribution is 2.28. The number of nitrogens with one attached hydrogen (secondary N) is 2. The Labute approximate surface area is 163 Å². The number of hydrogen-bond acceptors (Lipinski definition) is 6. The van der Waals surface area contributed by atoms with Crippen LogP contribution in [-0.4, -0.2) is 71.0 Å². The summed E-state index contributed by atoms with van der Waals surface area (Å²) in [7, 11) is 1.98. The van der Waals surface area contributed by atoms with E-state index in [9.17, 15) is 19.5 Å². The van der Waals surface area contributed by atoms with Crippen molar-refractivity contribution in [2.45, 2.75) is 50.5 Å². The van der Waals surface area contributed by atoms with Crippen molar-refractivity contribution < 1.29 is 19.5 Å². The SMILES string of the molecule is CN(Cc1ccc2c(c1)C(=O)N(C1CCC(=O)NC1=O)C2)C1CNCCC1O. The third-order valence-electron chi connectivity index (χ3n) is 6.01. The number of hydrogen-bond donors (Lipinski definition) is 3. The van der Waals surface area contributed by atoms with Gasteiger partial charge in [0.25, 0.3) is 5.91 Å². The zero-order valence-corrected chi connectivity index (χ0v) is 16.0. The molecule has 0 aromatic heterocycles. The number of aliphatic hydroxyl groups is 1. The average Bonchev–Trinajstić information content (AvgIpc) is 2.98. The molecule has 8 nitrogen and oxygen atoms in total. The number of carbonyl (C=O) groups excluding carboxylic acids is 3. The molecular weight excluding hydrogens is 360 g/mol. The molecule has 0 saturated carbocycles. The van der Waals surface area contributed by atoms with Crippen molar-refractivity contribution >= 4 is 17.7 Å². The lowest BCUT2D eigenvalue weighted by Gasteiger charge is -2.35. The highest BCUT2D eigenvalue weighted by molar-refractivity contribution is 6.05. The quantitative estimate of drug-likeness (QED) is 0.609. The summed E-state index contributed by atoms with van der Waals surface area (Å²) in [5.74, 6) is -0.834. The smallest absolute Gasteiger partial charge is 0.255 e. The predicted octanol–water partition coefficient (Wildman–Crippen LogP) is -0.398. The molecule has 0 radical (unpaired) electrons. The molecule has 3 aliphatic heterocycles. The first kappa shape index (κ1) is 19.0. The second-order valence-electron chi connectivity index (χ2n) is 7.93. The van der Waals surface area contributed by atoms with Crippen molar-refractivity contribution in [1.29, 1.82) is 0 Å². The minimum absolute atomic E-state index is 0.0395.